The van der Waals surface area contributed by atoms with E-state index in [1.165, 1.54) is 5.56 Å². The molecule has 0 radical (unpaired) electrons. The molecule has 0 spiro atoms. The van der Waals surface area contributed by atoms with Crippen molar-refractivity contribution in [2.24, 2.45) is 0 Å². The lowest BCUT2D eigenvalue weighted by molar-refractivity contribution is -0.117. The van der Waals surface area contributed by atoms with Crippen molar-refractivity contribution in [3.8, 4) is 0 Å². The molecule has 0 bridgehead atoms. The molecule has 1 unspecified atom stereocenters. The van der Waals surface area contributed by atoms with E-state index >= 15 is 0 Å². The number of aromatic amines is 1. The zero-order valence-electron chi connectivity index (χ0n) is 11.5. The molecular formula is C17H15N3O. The van der Waals surface area contributed by atoms with E-state index in [0.717, 1.165) is 23.1 Å². The fourth-order valence-corrected chi connectivity index (χ4v) is 3.07. The normalized spacial score (nSPS) is 18.6. The highest BCUT2D eigenvalue weighted by Gasteiger charge is 2.33. The van der Waals surface area contributed by atoms with Crippen LogP contribution < -0.4 is 4.90 Å². The number of H-pyrrole nitrogens is 1. The van der Waals surface area contributed by atoms with Crippen LogP contribution in [-0.2, 0) is 4.79 Å². The first-order valence-corrected chi connectivity index (χ1v) is 7.13. The Balaban J connectivity index is 1.78. The minimum absolute atomic E-state index is 0.120. The second kappa shape index (κ2) is 4.74. The molecule has 1 aliphatic rings. The number of benzene rings is 2. The van der Waals surface area contributed by atoms with Crippen LogP contribution in [0, 0.1) is 0 Å². The van der Waals surface area contributed by atoms with E-state index in [2.05, 4.69) is 22.1 Å². The molecule has 1 N–H and O–H groups in total. The summed E-state index contributed by atoms with van der Waals surface area (Å²) in [6, 6.07) is 16.3. The first-order chi connectivity index (χ1) is 10.3. The molecule has 1 aliphatic heterocycles. The van der Waals surface area contributed by atoms with Gasteiger partial charge in [-0.2, -0.15) is 0 Å². The van der Waals surface area contributed by atoms with Gasteiger partial charge in [0.1, 0.15) is 0 Å². The predicted molar refractivity (Wildman–Crippen MR) is 82.0 cm³/mol. The molecule has 4 nitrogen and oxygen atoms in total. The summed E-state index contributed by atoms with van der Waals surface area (Å²) in [5.41, 5.74) is 3.98. The predicted octanol–water partition coefficient (Wildman–Crippen LogP) is 3.43. The maximum Gasteiger partial charge on any atom is 0.227 e. The number of rotatable bonds is 2. The Hall–Kier alpha value is -2.62. The highest BCUT2D eigenvalue weighted by molar-refractivity contribution is 5.98. The van der Waals surface area contributed by atoms with Gasteiger partial charge in [-0.1, -0.05) is 30.3 Å². The molecule has 104 valence electrons. The van der Waals surface area contributed by atoms with Gasteiger partial charge in [-0.15, -0.1) is 0 Å². The van der Waals surface area contributed by atoms with Crippen LogP contribution in [0.2, 0.25) is 0 Å². The number of nitrogens with zero attached hydrogens (tertiary/aromatic N) is 2. The SMILES string of the molecule is O=C1CCC(c2ccccc2)N1c1ccc2[nH]cnc2c1. The number of amides is 1. The molecule has 4 rings (SSSR count). The van der Waals surface area contributed by atoms with E-state index in [1.54, 1.807) is 6.33 Å². The number of imidazole rings is 1. The number of anilines is 1. The summed E-state index contributed by atoms with van der Waals surface area (Å²) in [7, 11) is 0. The number of hydrogen-bond donors (Lipinski definition) is 1. The summed E-state index contributed by atoms with van der Waals surface area (Å²) in [6.45, 7) is 0. The van der Waals surface area contributed by atoms with Crippen LogP contribution in [0.15, 0.2) is 54.9 Å². The first-order valence-electron chi connectivity index (χ1n) is 7.13. The maximum absolute atomic E-state index is 12.3. The van der Waals surface area contributed by atoms with Crippen LogP contribution >= 0.6 is 0 Å². The Bertz CT molecular complexity index is 794. The first kappa shape index (κ1) is 12.1. The van der Waals surface area contributed by atoms with Gasteiger partial charge in [0.25, 0.3) is 0 Å². The van der Waals surface area contributed by atoms with Crippen LogP contribution in [0.4, 0.5) is 5.69 Å². The highest BCUT2D eigenvalue weighted by atomic mass is 16.2. The van der Waals surface area contributed by atoms with E-state index in [1.807, 2.05) is 41.3 Å². The van der Waals surface area contributed by atoms with Crippen LogP contribution in [0.25, 0.3) is 11.0 Å². The van der Waals surface area contributed by atoms with E-state index in [-0.39, 0.29) is 11.9 Å². The van der Waals surface area contributed by atoms with Crippen molar-refractivity contribution >= 4 is 22.6 Å². The molecule has 3 aromatic rings. The number of fused-ring (bicyclic) bond motifs is 1. The van der Waals surface area contributed by atoms with Crippen molar-refractivity contribution in [2.75, 3.05) is 4.90 Å². The van der Waals surface area contributed by atoms with Crippen molar-refractivity contribution < 1.29 is 4.79 Å². The van der Waals surface area contributed by atoms with Gasteiger partial charge in [-0.25, -0.2) is 4.98 Å². The number of carbonyl (C=O) groups is 1. The van der Waals surface area contributed by atoms with Crippen molar-refractivity contribution in [1.82, 2.24) is 9.97 Å². The molecular weight excluding hydrogens is 262 g/mol. The average molecular weight is 277 g/mol. The molecule has 2 heterocycles. The average Bonchev–Trinajstić information content (AvgIpc) is 3.13. The summed E-state index contributed by atoms with van der Waals surface area (Å²) in [5, 5.41) is 0. The highest BCUT2D eigenvalue weighted by Crippen LogP contribution is 2.37. The van der Waals surface area contributed by atoms with Gasteiger partial charge in [0.2, 0.25) is 5.91 Å². The zero-order valence-corrected chi connectivity index (χ0v) is 11.5. The van der Waals surface area contributed by atoms with Gasteiger partial charge in [-0.3, -0.25) is 4.79 Å². The van der Waals surface area contributed by atoms with E-state index in [9.17, 15) is 4.79 Å². The molecule has 0 aliphatic carbocycles. The third-order valence-electron chi connectivity index (χ3n) is 4.08. The van der Waals surface area contributed by atoms with Crippen molar-refractivity contribution in [3.05, 3.63) is 60.4 Å². The smallest absolute Gasteiger partial charge is 0.227 e. The Kier molecular flexibility index (Phi) is 2.74. The van der Waals surface area contributed by atoms with Crippen molar-refractivity contribution in [2.45, 2.75) is 18.9 Å². The van der Waals surface area contributed by atoms with Gasteiger partial charge in [0.15, 0.2) is 0 Å². The molecule has 1 saturated heterocycles. The van der Waals surface area contributed by atoms with Gasteiger partial charge in [-0.05, 0) is 30.2 Å². The number of hydrogen-bond acceptors (Lipinski definition) is 2. The lowest BCUT2D eigenvalue weighted by Gasteiger charge is -2.25. The van der Waals surface area contributed by atoms with Crippen LogP contribution in [0.1, 0.15) is 24.4 Å². The quantitative estimate of drug-likeness (QED) is 0.780. The molecule has 1 aromatic heterocycles. The summed E-state index contributed by atoms with van der Waals surface area (Å²) >= 11 is 0. The van der Waals surface area contributed by atoms with Crippen LogP contribution in [0.3, 0.4) is 0 Å². The van der Waals surface area contributed by atoms with Crippen LogP contribution in [-0.4, -0.2) is 15.9 Å². The number of nitrogens with one attached hydrogen (secondary N) is 1. The molecule has 4 heteroatoms. The molecule has 2 aromatic carbocycles. The van der Waals surface area contributed by atoms with Crippen molar-refractivity contribution in [3.63, 3.8) is 0 Å². The second-order valence-corrected chi connectivity index (χ2v) is 5.33. The standard InChI is InChI=1S/C17H15N3O/c21-17-9-8-16(12-4-2-1-3-5-12)20(17)13-6-7-14-15(10-13)19-11-18-14/h1-7,10-11,16H,8-9H2,(H,18,19). The van der Waals surface area contributed by atoms with Crippen molar-refractivity contribution in [1.29, 1.82) is 0 Å². The summed E-state index contributed by atoms with van der Waals surface area (Å²) in [4.78, 5) is 21.6. The Morgan fingerprint density at radius 3 is 2.86 bits per heavy atom. The third-order valence-corrected chi connectivity index (χ3v) is 4.08. The largest absolute Gasteiger partial charge is 0.345 e. The fraction of sp³-hybridized carbons (Fsp3) is 0.176. The maximum atomic E-state index is 12.3. The van der Waals surface area contributed by atoms with Crippen LogP contribution in [0.5, 0.6) is 0 Å². The Morgan fingerprint density at radius 2 is 2.00 bits per heavy atom. The summed E-state index contributed by atoms with van der Waals surface area (Å²) in [6.07, 6.45) is 3.13. The van der Waals surface area contributed by atoms with Gasteiger partial charge in [0, 0.05) is 12.1 Å². The second-order valence-electron chi connectivity index (χ2n) is 5.33. The molecule has 1 atom stereocenters. The van der Waals surface area contributed by atoms with Gasteiger partial charge in [0.05, 0.1) is 23.4 Å². The zero-order chi connectivity index (χ0) is 14.2. The molecule has 1 fully saturated rings. The lowest BCUT2D eigenvalue weighted by atomic mass is 10.0. The monoisotopic (exact) mass is 277 g/mol. The van der Waals surface area contributed by atoms with E-state index in [0.29, 0.717) is 6.42 Å². The molecule has 1 amide bonds. The third kappa shape index (κ3) is 2.00. The van der Waals surface area contributed by atoms with E-state index in [4.69, 9.17) is 0 Å². The Labute approximate surface area is 122 Å². The number of carbonyl (C=O) groups excluding carboxylic acids is 1. The Morgan fingerprint density at radius 1 is 1.14 bits per heavy atom. The minimum atomic E-state index is 0.120. The molecule has 21 heavy (non-hydrogen) atoms. The fourth-order valence-electron chi connectivity index (χ4n) is 3.07. The summed E-state index contributed by atoms with van der Waals surface area (Å²) in [5.74, 6) is 0.179. The topological polar surface area (TPSA) is 49.0 Å². The van der Waals surface area contributed by atoms with E-state index < -0.39 is 0 Å². The lowest BCUT2D eigenvalue weighted by Crippen LogP contribution is -2.27. The molecule has 0 saturated carbocycles. The minimum Gasteiger partial charge on any atom is -0.345 e. The number of aromatic nitrogens is 2. The van der Waals surface area contributed by atoms with Gasteiger partial charge < -0.3 is 9.88 Å². The van der Waals surface area contributed by atoms with Gasteiger partial charge >= 0.3 is 0 Å². The summed E-state index contributed by atoms with van der Waals surface area (Å²) < 4.78 is 0.